The maximum absolute atomic E-state index is 12.9. The maximum Gasteiger partial charge on any atom is 0.241 e. The fourth-order valence-electron chi connectivity index (χ4n) is 1.29. The molecule has 4 nitrogen and oxygen atoms in total. The Morgan fingerprint density at radius 3 is 2.53 bits per heavy atom. The van der Waals surface area contributed by atoms with E-state index in [4.69, 9.17) is 5.11 Å². The standard InChI is InChI=1S/C11H16FNO3S/c1-8(2)11(7-14)13-17(15,16)10-5-3-4-9(12)6-10/h3-6,8,11,13-14H,7H2,1-2H3. The number of hydrogen-bond acceptors (Lipinski definition) is 3. The highest BCUT2D eigenvalue weighted by atomic mass is 32.2. The Kier molecular flexibility index (Phi) is 4.62. The summed E-state index contributed by atoms with van der Waals surface area (Å²) in [5, 5.41) is 9.06. The van der Waals surface area contributed by atoms with Gasteiger partial charge in [-0.25, -0.2) is 17.5 Å². The second-order valence-electron chi connectivity index (χ2n) is 4.11. The van der Waals surface area contributed by atoms with Crippen molar-refractivity contribution in [1.29, 1.82) is 0 Å². The summed E-state index contributed by atoms with van der Waals surface area (Å²) in [5.41, 5.74) is 0. The number of hydrogen-bond donors (Lipinski definition) is 2. The van der Waals surface area contributed by atoms with Crippen molar-refractivity contribution in [3.05, 3.63) is 30.1 Å². The number of nitrogens with one attached hydrogen (secondary N) is 1. The van der Waals surface area contributed by atoms with Crippen LogP contribution in [0.3, 0.4) is 0 Å². The molecule has 0 aliphatic carbocycles. The minimum atomic E-state index is -3.79. The summed E-state index contributed by atoms with van der Waals surface area (Å²) in [6.45, 7) is 3.27. The van der Waals surface area contributed by atoms with Crippen molar-refractivity contribution < 1.29 is 17.9 Å². The predicted octanol–water partition coefficient (Wildman–Crippen LogP) is 1.12. The maximum atomic E-state index is 12.9. The molecule has 1 aromatic rings. The minimum Gasteiger partial charge on any atom is -0.395 e. The minimum absolute atomic E-state index is 0.0525. The Bertz CT molecular complexity index is 473. The molecule has 0 aliphatic heterocycles. The number of sulfonamides is 1. The summed E-state index contributed by atoms with van der Waals surface area (Å²) in [6.07, 6.45) is 0. The van der Waals surface area contributed by atoms with Gasteiger partial charge < -0.3 is 5.11 Å². The van der Waals surface area contributed by atoms with Crippen molar-refractivity contribution in [1.82, 2.24) is 4.72 Å². The average Bonchev–Trinajstić information content (AvgIpc) is 2.25. The van der Waals surface area contributed by atoms with Crippen LogP contribution in [0.2, 0.25) is 0 Å². The first kappa shape index (κ1) is 14.1. The van der Waals surface area contributed by atoms with Crippen LogP contribution in [-0.4, -0.2) is 26.2 Å². The lowest BCUT2D eigenvalue weighted by molar-refractivity contribution is 0.227. The molecule has 1 aromatic carbocycles. The van der Waals surface area contributed by atoms with Crippen molar-refractivity contribution in [2.75, 3.05) is 6.61 Å². The van der Waals surface area contributed by atoms with Gasteiger partial charge in [-0.3, -0.25) is 0 Å². The van der Waals surface area contributed by atoms with Crippen molar-refractivity contribution >= 4 is 10.0 Å². The molecule has 0 aliphatic rings. The van der Waals surface area contributed by atoms with Crippen LogP contribution in [0.5, 0.6) is 0 Å². The summed E-state index contributed by atoms with van der Waals surface area (Å²) < 4.78 is 39.0. The largest absolute Gasteiger partial charge is 0.395 e. The number of benzene rings is 1. The average molecular weight is 261 g/mol. The molecule has 0 aromatic heterocycles. The summed E-state index contributed by atoms with van der Waals surface area (Å²) in [7, 11) is -3.79. The monoisotopic (exact) mass is 261 g/mol. The molecule has 2 N–H and O–H groups in total. The molecule has 1 rings (SSSR count). The highest BCUT2D eigenvalue weighted by molar-refractivity contribution is 7.89. The first-order chi connectivity index (χ1) is 7.86. The molecule has 0 fully saturated rings. The van der Waals surface area contributed by atoms with Gasteiger partial charge in [0.2, 0.25) is 10.0 Å². The van der Waals surface area contributed by atoms with Crippen molar-refractivity contribution in [3.8, 4) is 0 Å². The van der Waals surface area contributed by atoms with Crippen LogP contribution in [0.25, 0.3) is 0 Å². The molecule has 96 valence electrons. The third-order valence-electron chi connectivity index (χ3n) is 2.41. The highest BCUT2D eigenvalue weighted by Crippen LogP contribution is 2.12. The van der Waals surface area contributed by atoms with Gasteiger partial charge in [-0.1, -0.05) is 19.9 Å². The normalized spacial score (nSPS) is 13.9. The molecule has 0 spiro atoms. The van der Waals surface area contributed by atoms with Crippen LogP contribution in [0.1, 0.15) is 13.8 Å². The van der Waals surface area contributed by atoms with Gasteiger partial charge in [-0.2, -0.15) is 0 Å². The molecule has 0 saturated carbocycles. The van der Waals surface area contributed by atoms with E-state index in [-0.39, 0.29) is 17.4 Å². The number of rotatable bonds is 5. The van der Waals surface area contributed by atoms with Crippen LogP contribution in [0.15, 0.2) is 29.2 Å². The van der Waals surface area contributed by atoms with E-state index < -0.39 is 21.9 Å². The molecule has 0 bridgehead atoms. The van der Waals surface area contributed by atoms with Gasteiger partial charge in [0.1, 0.15) is 5.82 Å². The zero-order valence-electron chi connectivity index (χ0n) is 9.72. The third kappa shape index (κ3) is 3.76. The molecule has 0 amide bonds. The molecule has 1 unspecified atom stereocenters. The smallest absolute Gasteiger partial charge is 0.241 e. The van der Waals surface area contributed by atoms with Gasteiger partial charge in [0.05, 0.1) is 11.5 Å². The molecule has 0 radical (unpaired) electrons. The van der Waals surface area contributed by atoms with Gasteiger partial charge in [-0.15, -0.1) is 0 Å². The highest BCUT2D eigenvalue weighted by Gasteiger charge is 2.21. The lowest BCUT2D eigenvalue weighted by Crippen LogP contribution is -2.41. The first-order valence-electron chi connectivity index (χ1n) is 5.25. The second-order valence-corrected chi connectivity index (χ2v) is 5.83. The molecule has 6 heteroatoms. The van der Waals surface area contributed by atoms with Crippen LogP contribution < -0.4 is 4.72 Å². The second kappa shape index (κ2) is 5.57. The van der Waals surface area contributed by atoms with E-state index in [1.54, 1.807) is 13.8 Å². The Morgan fingerprint density at radius 2 is 2.06 bits per heavy atom. The fraction of sp³-hybridized carbons (Fsp3) is 0.455. The third-order valence-corrected chi connectivity index (χ3v) is 3.90. The molecular formula is C11H16FNO3S. The van der Waals surface area contributed by atoms with Gasteiger partial charge in [0, 0.05) is 6.04 Å². The summed E-state index contributed by atoms with van der Waals surface area (Å²) >= 11 is 0. The molecule has 17 heavy (non-hydrogen) atoms. The Balaban J connectivity index is 2.96. The number of aliphatic hydroxyl groups excluding tert-OH is 1. The summed E-state index contributed by atoms with van der Waals surface area (Å²) in [4.78, 5) is -0.142. The summed E-state index contributed by atoms with van der Waals surface area (Å²) in [5.74, 6) is -0.665. The number of aliphatic hydroxyl groups is 1. The molecule has 0 heterocycles. The van der Waals surface area contributed by atoms with Crippen LogP contribution in [-0.2, 0) is 10.0 Å². The van der Waals surface area contributed by atoms with E-state index in [1.807, 2.05) is 0 Å². The zero-order valence-corrected chi connectivity index (χ0v) is 10.5. The van der Waals surface area contributed by atoms with E-state index in [2.05, 4.69) is 4.72 Å². The fourth-order valence-corrected chi connectivity index (χ4v) is 2.69. The van der Waals surface area contributed by atoms with Crippen LogP contribution >= 0.6 is 0 Å². The Hall–Kier alpha value is -0.980. The van der Waals surface area contributed by atoms with Crippen molar-refractivity contribution in [3.63, 3.8) is 0 Å². The van der Waals surface area contributed by atoms with E-state index in [1.165, 1.54) is 18.2 Å². The van der Waals surface area contributed by atoms with E-state index >= 15 is 0 Å². The van der Waals surface area contributed by atoms with E-state index in [0.717, 1.165) is 6.07 Å². The van der Waals surface area contributed by atoms with Crippen molar-refractivity contribution in [2.24, 2.45) is 5.92 Å². The van der Waals surface area contributed by atoms with Gasteiger partial charge >= 0.3 is 0 Å². The zero-order chi connectivity index (χ0) is 13.1. The molecular weight excluding hydrogens is 245 g/mol. The van der Waals surface area contributed by atoms with Gasteiger partial charge in [0.25, 0.3) is 0 Å². The number of halogens is 1. The first-order valence-corrected chi connectivity index (χ1v) is 6.74. The van der Waals surface area contributed by atoms with Gasteiger partial charge in [0.15, 0.2) is 0 Å². The Morgan fingerprint density at radius 1 is 1.41 bits per heavy atom. The van der Waals surface area contributed by atoms with Crippen molar-refractivity contribution in [2.45, 2.75) is 24.8 Å². The SMILES string of the molecule is CC(C)C(CO)NS(=O)(=O)c1cccc(F)c1. The van der Waals surface area contributed by atoms with E-state index in [9.17, 15) is 12.8 Å². The summed E-state index contributed by atoms with van der Waals surface area (Å²) in [6, 6.07) is 4.17. The lowest BCUT2D eigenvalue weighted by atomic mass is 10.1. The van der Waals surface area contributed by atoms with Gasteiger partial charge in [-0.05, 0) is 24.1 Å². The van der Waals surface area contributed by atoms with E-state index in [0.29, 0.717) is 0 Å². The quantitative estimate of drug-likeness (QED) is 0.834. The Labute approximate surface area is 101 Å². The predicted molar refractivity (Wildman–Crippen MR) is 62.4 cm³/mol. The molecule has 0 saturated heterocycles. The van der Waals surface area contributed by atoms with Crippen LogP contribution in [0.4, 0.5) is 4.39 Å². The van der Waals surface area contributed by atoms with Crippen LogP contribution in [0, 0.1) is 11.7 Å². The topological polar surface area (TPSA) is 66.4 Å². The lowest BCUT2D eigenvalue weighted by Gasteiger charge is -2.19. The molecule has 1 atom stereocenters.